The van der Waals surface area contributed by atoms with E-state index in [4.69, 9.17) is 9.90 Å². The van der Waals surface area contributed by atoms with E-state index in [0.717, 1.165) is 12.5 Å². The lowest BCUT2D eigenvalue weighted by Gasteiger charge is -1.97. The average Bonchev–Trinajstić information content (AvgIpc) is 2.23. The van der Waals surface area contributed by atoms with Gasteiger partial charge >= 0.3 is 0 Å². The fourth-order valence-electron chi connectivity index (χ4n) is 0.890. The minimum atomic E-state index is -0.833. The summed E-state index contributed by atoms with van der Waals surface area (Å²) in [6, 6.07) is 4.88. The van der Waals surface area contributed by atoms with Crippen LogP contribution in [0.2, 0.25) is 0 Å². The molecule has 6 nitrogen and oxygen atoms in total. The summed E-state index contributed by atoms with van der Waals surface area (Å²) in [4.78, 5) is 35.8. The summed E-state index contributed by atoms with van der Waals surface area (Å²) in [7, 11) is 0. The number of rotatable bonds is 2. The molecule has 88 valence electrons. The Labute approximate surface area is 97.3 Å². The standard InChI is InChI=1S/C9H6N2O2.C2H4O2/c1-7-2-3-8(10-5-12)4-9(7)11-6-13;1-2(3)4/h2-4H,1H3;1H3,(H,3,4). The highest BCUT2D eigenvalue weighted by atomic mass is 16.4. The van der Waals surface area contributed by atoms with E-state index in [1.807, 2.05) is 0 Å². The van der Waals surface area contributed by atoms with Gasteiger partial charge in [-0.15, -0.1) is 0 Å². The second-order valence-electron chi connectivity index (χ2n) is 2.90. The summed E-state index contributed by atoms with van der Waals surface area (Å²) in [6.07, 6.45) is 2.84. The van der Waals surface area contributed by atoms with Crippen molar-refractivity contribution in [3.05, 3.63) is 23.8 Å². The molecule has 1 rings (SSSR count). The summed E-state index contributed by atoms with van der Waals surface area (Å²) >= 11 is 0. The number of hydrogen-bond acceptors (Lipinski definition) is 5. The molecule has 0 unspecified atom stereocenters. The molecule has 0 amide bonds. The van der Waals surface area contributed by atoms with E-state index in [0.29, 0.717) is 11.4 Å². The molecule has 6 heteroatoms. The summed E-state index contributed by atoms with van der Waals surface area (Å²) in [5, 5.41) is 7.42. The first kappa shape index (κ1) is 14.5. The van der Waals surface area contributed by atoms with Gasteiger partial charge < -0.3 is 5.11 Å². The minimum absolute atomic E-state index is 0.426. The molecule has 1 N–H and O–H groups in total. The van der Waals surface area contributed by atoms with Crippen molar-refractivity contribution >= 4 is 29.5 Å². The molecule has 0 aromatic heterocycles. The highest BCUT2D eigenvalue weighted by Gasteiger charge is 1.97. The van der Waals surface area contributed by atoms with Crippen molar-refractivity contribution in [1.29, 1.82) is 0 Å². The monoisotopic (exact) mass is 234 g/mol. The van der Waals surface area contributed by atoms with Gasteiger partial charge in [0.05, 0.1) is 11.4 Å². The van der Waals surface area contributed by atoms with E-state index < -0.39 is 5.97 Å². The third kappa shape index (κ3) is 6.52. The van der Waals surface area contributed by atoms with Crippen LogP contribution in [0.4, 0.5) is 11.4 Å². The van der Waals surface area contributed by atoms with E-state index in [1.54, 1.807) is 19.1 Å². The first-order valence-electron chi connectivity index (χ1n) is 4.47. The SMILES string of the molecule is CC(=O)O.Cc1ccc(N=C=O)cc1N=C=O. The predicted octanol–water partition coefficient (Wildman–Crippen LogP) is 2.02. The Morgan fingerprint density at radius 1 is 1.24 bits per heavy atom. The van der Waals surface area contributed by atoms with Crippen molar-refractivity contribution in [1.82, 2.24) is 0 Å². The second kappa shape index (κ2) is 7.70. The quantitative estimate of drug-likeness (QED) is 0.625. The third-order valence-corrected chi connectivity index (χ3v) is 1.53. The number of aliphatic carboxylic acids is 1. The number of carboxylic acids is 1. The van der Waals surface area contributed by atoms with Crippen LogP contribution in [0.5, 0.6) is 0 Å². The highest BCUT2D eigenvalue weighted by Crippen LogP contribution is 2.23. The largest absolute Gasteiger partial charge is 0.481 e. The molecule has 0 fully saturated rings. The second-order valence-corrected chi connectivity index (χ2v) is 2.90. The number of hydrogen-bond donors (Lipinski definition) is 1. The molecule has 0 saturated carbocycles. The Morgan fingerprint density at radius 2 is 1.76 bits per heavy atom. The molecule has 1 aromatic rings. The Kier molecular flexibility index (Phi) is 6.55. The van der Waals surface area contributed by atoms with Crippen LogP contribution in [0.15, 0.2) is 28.2 Å². The number of carbonyl (C=O) groups excluding carboxylic acids is 2. The molecule has 0 aliphatic rings. The first-order chi connectivity index (χ1) is 8.01. The van der Waals surface area contributed by atoms with Crippen molar-refractivity contribution in [3.63, 3.8) is 0 Å². The van der Waals surface area contributed by atoms with Gasteiger partial charge in [0, 0.05) is 6.92 Å². The molecule has 0 saturated heterocycles. The van der Waals surface area contributed by atoms with Crippen molar-refractivity contribution in [2.24, 2.45) is 9.98 Å². The number of isocyanates is 2. The van der Waals surface area contributed by atoms with Gasteiger partial charge in [-0.05, 0) is 24.6 Å². The van der Waals surface area contributed by atoms with Gasteiger partial charge in [-0.2, -0.15) is 9.98 Å². The van der Waals surface area contributed by atoms with Crippen LogP contribution < -0.4 is 0 Å². The van der Waals surface area contributed by atoms with Crippen molar-refractivity contribution < 1.29 is 19.5 Å². The topological polar surface area (TPSA) is 96.2 Å². The van der Waals surface area contributed by atoms with Crippen LogP contribution in [0.1, 0.15) is 12.5 Å². The van der Waals surface area contributed by atoms with Gasteiger partial charge in [0.2, 0.25) is 12.2 Å². The zero-order valence-corrected chi connectivity index (χ0v) is 9.30. The summed E-state index contributed by atoms with van der Waals surface area (Å²) < 4.78 is 0. The molecule has 0 bridgehead atoms. The minimum Gasteiger partial charge on any atom is -0.481 e. The van der Waals surface area contributed by atoms with Crippen LogP contribution in [-0.2, 0) is 14.4 Å². The van der Waals surface area contributed by atoms with E-state index in [-0.39, 0.29) is 0 Å². The molecule has 0 atom stereocenters. The predicted molar refractivity (Wildman–Crippen MR) is 60.1 cm³/mol. The molecule has 0 radical (unpaired) electrons. The fraction of sp³-hybridized carbons (Fsp3) is 0.182. The van der Waals surface area contributed by atoms with Gasteiger partial charge in [-0.1, -0.05) is 6.07 Å². The van der Waals surface area contributed by atoms with Gasteiger partial charge in [0.15, 0.2) is 0 Å². The van der Waals surface area contributed by atoms with Crippen LogP contribution in [0.25, 0.3) is 0 Å². The van der Waals surface area contributed by atoms with Crippen LogP contribution in [-0.4, -0.2) is 23.2 Å². The number of carbonyl (C=O) groups is 1. The Balaban J connectivity index is 0.000000557. The van der Waals surface area contributed by atoms with Crippen LogP contribution >= 0.6 is 0 Å². The Bertz CT molecular complexity index is 494. The summed E-state index contributed by atoms with van der Waals surface area (Å²) in [5.74, 6) is -0.833. The van der Waals surface area contributed by atoms with Crippen molar-refractivity contribution in [3.8, 4) is 0 Å². The number of aryl methyl sites for hydroxylation is 1. The smallest absolute Gasteiger partial charge is 0.300 e. The zero-order chi connectivity index (χ0) is 13.3. The maximum Gasteiger partial charge on any atom is 0.300 e. The fourth-order valence-corrected chi connectivity index (χ4v) is 0.890. The summed E-state index contributed by atoms with van der Waals surface area (Å²) in [6.45, 7) is 2.88. The van der Waals surface area contributed by atoms with E-state index in [9.17, 15) is 9.59 Å². The lowest BCUT2D eigenvalue weighted by molar-refractivity contribution is -0.134. The number of aliphatic imine (C=N–C) groups is 2. The van der Waals surface area contributed by atoms with Gasteiger partial charge in [-0.3, -0.25) is 4.79 Å². The highest BCUT2D eigenvalue weighted by molar-refractivity contribution is 5.63. The Morgan fingerprint density at radius 3 is 2.24 bits per heavy atom. The molecule has 17 heavy (non-hydrogen) atoms. The maximum absolute atomic E-state index is 10.00. The molecule has 0 aliphatic heterocycles. The van der Waals surface area contributed by atoms with Crippen molar-refractivity contribution in [2.75, 3.05) is 0 Å². The third-order valence-electron chi connectivity index (χ3n) is 1.53. The van der Waals surface area contributed by atoms with E-state index >= 15 is 0 Å². The Hall–Kier alpha value is -2.55. The molecular weight excluding hydrogens is 224 g/mol. The number of carboxylic acid groups (broad SMARTS) is 1. The van der Waals surface area contributed by atoms with Gasteiger partial charge in [-0.25, -0.2) is 9.59 Å². The van der Waals surface area contributed by atoms with E-state index in [1.165, 1.54) is 18.2 Å². The lowest BCUT2D eigenvalue weighted by atomic mass is 10.2. The van der Waals surface area contributed by atoms with Crippen LogP contribution in [0, 0.1) is 6.92 Å². The molecule has 0 heterocycles. The van der Waals surface area contributed by atoms with E-state index in [2.05, 4.69) is 9.98 Å². The number of nitrogens with zero attached hydrogens (tertiary/aromatic N) is 2. The molecule has 0 spiro atoms. The normalized spacial score (nSPS) is 7.88. The molecular formula is C11H10N2O4. The van der Waals surface area contributed by atoms with Gasteiger partial charge in [0.25, 0.3) is 5.97 Å². The van der Waals surface area contributed by atoms with Crippen LogP contribution in [0.3, 0.4) is 0 Å². The molecule has 1 aromatic carbocycles. The lowest BCUT2D eigenvalue weighted by Crippen LogP contribution is -1.78. The number of benzene rings is 1. The van der Waals surface area contributed by atoms with Gasteiger partial charge in [0.1, 0.15) is 0 Å². The first-order valence-corrected chi connectivity index (χ1v) is 4.47. The molecule has 0 aliphatic carbocycles. The maximum atomic E-state index is 10.00. The zero-order valence-electron chi connectivity index (χ0n) is 9.30. The average molecular weight is 234 g/mol. The summed E-state index contributed by atoms with van der Waals surface area (Å²) in [5.41, 5.74) is 1.72. The van der Waals surface area contributed by atoms with Crippen molar-refractivity contribution in [2.45, 2.75) is 13.8 Å².